The third kappa shape index (κ3) is 2.70. The van der Waals surface area contributed by atoms with E-state index < -0.39 is 0 Å². The van der Waals surface area contributed by atoms with Crippen LogP contribution in [0.1, 0.15) is 47.5 Å². The van der Waals surface area contributed by atoms with E-state index >= 15 is 0 Å². The molecule has 1 atom stereocenters. The summed E-state index contributed by atoms with van der Waals surface area (Å²) in [6.07, 6.45) is 5.33. The molecule has 1 spiro atoms. The van der Waals surface area contributed by atoms with Gasteiger partial charge in [0.25, 0.3) is 5.91 Å². The molecule has 3 aliphatic rings. The topological polar surface area (TPSA) is 49.6 Å². The number of carbonyl (C=O) groups excluding carboxylic acids is 1. The molecule has 1 aromatic rings. The van der Waals surface area contributed by atoms with Crippen molar-refractivity contribution in [3.63, 3.8) is 0 Å². The first-order chi connectivity index (χ1) is 11.1. The van der Waals surface area contributed by atoms with Crippen LogP contribution in [-0.4, -0.2) is 63.6 Å². The molecule has 3 aliphatic heterocycles. The molecule has 4 rings (SSSR count). The molecular weight excluding hydrogens is 310 g/mol. The Hall–Kier alpha value is -1.01. The van der Waals surface area contributed by atoms with Gasteiger partial charge >= 0.3 is 0 Å². The number of thioether (sulfide) groups is 1. The maximum atomic E-state index is 12.6. The molecule has 0 aromatic carbocycles. The predicted molar refractivity (Wildman–Crippen MR) is 90.9 cm³/mol. The Bertz CT molecular complexity index is 603. The third-order valence-electron chi connectivity index (χ3n) is 5.70. The van der Waals surface area contributed by atoms with Crippen molar-refractivity contribution >= 4 is 17.7 Å². The number of nitrogens with zero attached hydrogens (tertiary/aromatic N) is 3. The summed E-state index contributed by atoms with van der Waals surface area (Å²) in [5.41, 5.74) is 1.37. The lowest BCUT2D eigenvalue weighted by Crippen LogP contribution is -2.61. The summed E-state index contributed by atoms with van der Waals surface area (Å²) in [4.78, 5) is 17.2. The fourth-order valence-electron chi connectivity index (χ4n) is 4.12. The number of hydrogen-bond donors (Lipinski definition) is 0. The largest absolute Gasteiger partial charge is 0.361 e. The Labute approximate surface area is 141 Å². The quantitative estimate of drug-likeness (QED) is 0.831. The summed E-state index contributed by atoms with van der Waals surface area (Å²) in [6.45, 7) is 8.03. The molecule has 1 aromatic heterocycles. The van der Waals surface area contributed by atoms with Crippen LogP contribution in [0.4, 0.5) is 0 Å². The zero-order valence-electron chi connectivity index (χ0n) is 14.0. The van der Waals surface area contributed by atoms with E-state index in [0.717, 1.165) is 24.4 Å². The van der Waals surface area contributed by atoms with Crippen LogP contribution < -0.4 is 0 Å². The standard InChI is InChI=1S/C17H25N3O2S/c1-12-13(2)22-18-15(12)16(21)20-10-17(11-20)8-14(9-23-17)19-6-4-3-5-7-19/h14H,3-11H2,1-2H3. The Morgan fingerprint density at radius 2 is 2.00 bits per heavy atom. The molecule has 23 heavy (non-hydrogen) atoms. The highest BCUT2D eigenvalue weighted by atomic mass is 32.2. The molecule has 0 saturated carbocycles. The molecule has 1 unspecified atom stereocenters. The Kier molecular flexibility index (Phi) is 3.92. The molecule has 3 fully saturated rings. The normalized spacial score (nSPS) is 27.4. The maximum Gasteiger partial charge on any atom is 0.276 e. The fourth-order valence-corrected chi connectivity index (χ4v) is 5.80. The third-order valence-corrected chi connectivity index (χ3v) is 7.29. The van der Waals surface area contributed by atoms with E-state index in [0.29, 0.717) is 16.5 Å². The van der Waals surface area contributed by atoms with Gasteiger partial charge in [0.15, 0.2) is 5.69 Å². The number of rotatable bonds is 2. The lowest BCUT2D eigenvalue weighted by Gasteiger charge is -2.47. The molecule has 0 bridgehead atoms. The van der Waals surface area contributed by atoms with Gasteiger partial charge in [0, 0.05) is 30.4 Å². The molecule has 1 amide bonds. The Morgan fingerprint density at radius 3 is 2.65 bits per heavy atom. The smallest absolute Gasteiger partial charge is 0.276 e. The van der Waals surface area contributed by atoms with Crippen molar-refractivity contribution in [2.45, 2.75) is 50.3 Å². The summed E-state index contributed by atoms with van der Waals surface area (Å²) >= 11 is 2.08. The van der Waals surface area contributed by atoms with E-state index in [1.165, 1.54) is 44.5 Å². The number of aromatic nitrogens is 1. The monoisotopic (exact) mass is 335 g/mol. The highest BCUT2D eigenvalue weighted by molar-refractivity contribution is 8.01. The van der Waals surface area contributed by atoms with E-state index in [1.54, 1.807) is 0 Å². The highest BCUT2D eigenvalue weighted by Gasteiger charge is 2.52. The number of hydrogen-bond acceptors (Lipinski definition) is 5. The summed E-state index contributed by atoms with van der Waals surface area (Å²) in [6, 6.07) is 0.716. The van der Waals surface area contributed by atoms with Crippen molar-refractivity contribution in [1.82, 2.24) is 15.0 Å². The van der Waals surface area contributed by atoms with Gasteiger partial charge in [0.05, 0.1) is 4.75 Å². The van der Waals surface area contributed by atoms with Crippen LogP contribution in [-0.2, 0) is 0 Å². The minimum absolute atomic E-state index is 0.0343. The predicted octanol–water partition coefficient (Wildman–Crippen LogP) is 2.48. The van der Waals surface area contributed by atoms with E-state index in [4.69, 9.17) is 4.52 Å². The van der Waals surface area contributed by atoms with Crippen LogP contribution in [0.3, 0.4) is 0 Å². The molecule has 0 radical (unpaired) electrons. The van der Waals surface area contributed by atoms with Crippen molar-refractivity contribution in [1.29, 1.82) is 0 Å². The number of carbonyl (C=O) groups is 1. The van der Waals surface area contributed by atoms with Crippen LogP contribution in [0.5, 0.6) is 0 Å². The number of likely N-dealkylation sites (tertiary alicyclic amines) is 2. The summed E-state index contributed by atoms with van der Waals surface area (Å²) in [5, 5.41) is 3.94. The number of amides is 1. The van der Waals surface area contributed by atoms with Gasteiger partial charge in [-0.05, 0) is 46.2 Å². The highest BCUT2D eigenvalue weighted by Crippen LogP contribution is 2.47. The summed E-state index contributed by atoms with van der Waals surface area (Å²) in [7, 11) is 0. The van der Waals surface area contributed by atoms with E-state index in [2.05, 4.69) is 21.8 Å². The molecule has 5 nitrogen and oxygen atoms in total. The van der Waals surface area contributed by atoms with E-state index in [9.17, 15) is 4.79 Å². The molecule has 4 heterocycles. The molecule has 6 heteroatoms. The summed E-state index contributed by atoms with van der Waals surface area (Å²) < 4.78 is 5.44. The van der Waals surface area contributed by atoms with Gasteiger partial charge in [-0.15, -0.1) is 11.8 Å². The van der Waals surface area contributed by atoms with Gasteiger partial charge in [-0.3, -0.25) is 9.69 Å². The fraction of sp³-hybridized carbons (Fsp3) is 0.765. The van der Waals surface area contributed by atoms with Crippen LogP contribution in [0.2, 0.25) is 0 Å². The van der Waals surface area contributed by atoms with Gasteiger partial charge in [0.2, 0.25) is 0 Å². The van der Waals surface area contributed by atoms with Crippen molar-refractivity contribution in [2.24, 2.45) is 0 Å². The Balaban J connectivity index is 1.36. The SMILES string of the molecule is Cc1onc(C(=O)N2CC3(CC(N4CCCCC4)CS3)C2)c1C. The Morgan fingerprint density at radius 1 is 1.26 bits per heavy atom. The van der Waals surface area contributed by atoms with E-state index in [-0.39, 0.29) is 5.91 Å². The lowest BCUT2D eigenvalue weighted by atomic mass is 9.90. The molecule has 0 N–H and O–H groups in total. The minimum Gasteiger partial charge on any atom is -0.361 e. The van der Waals surface area contributed by atoms with Gasteiger partial charge in [-0.25, -0.2) is 0 Å². The van der Waals surface area contributed by atoms with Crippen LogP contribution in [0.25, 0.3) is 0 Å². The average Bonchev–Trinajstić information content (AvgIpc) is 3.12. The van der Waals surface area contributed by atoms with Gasteiger partial charge in [-0.1, -0.05) is 11.6 Å². The summed E-state index contributed by atoms with van der Waals surface area (Å²) in [5.74, 6) is 2.00. The van der Waals surface area contributed by atoms with Crippen LogP contribution in [0.15, 0.2) is 4.52 Å². The molecule has 3 saturated heterocycles. The van der Waals surface area contributed by atoms with Gasteiger partial charge < -0.3 is 9.42 Å². The second-order valence-corrected chi connectivity index (χ2v) is 8.81. The van der Waals surface area contributed by atoms with Crippen LogP contribution in [0, 0.1) is 13.8 Å². The van der Waals surface area contributed by atoms with Gasteiger partial charge in [-0.2, -0.15) is 0 Å². The zero-order chi connectivity index (χ0) is 16.0. The second kappa shape index (κ2) is 5.81. The minimum atomic E-state index is 0.0343. The number of aryl methyl sites for hydroxylation is 1. The zero-order valence-corrected chi connectivity index (χ0v) is 14.8. The van der Waals surface area contributed by atoms with Crippen molar-refractivity contribution in [2.75, 3.05) is 31.9 Å². The average molecular weight is 335 g/mol. The first kappa shape index (κ1) is 15.5. The maximum absolute atomic E-state index is 12.6. The van der Waals surface area contributed by atoms with Gasteiger partial charge in [0.1, 0.15) is 5.76 Å². The lowest BCUT2D eigenvalue weighted by molar-refractivity contribution is 0.0508. The van der Waals surface area contributed by atoms with Crippen LogP contribution >= 0.6 is 11.8 Å². The van der Waals surface area contributed by atoms with Crippen molar-refractivity contribution < 1.29 is 9.32 Å². The van der Waals surface area contributed by atoms with E-state index in [1.807, 2.05) is 18.7 Å². The number of piperidine rings is 1. The molecular formula is C17H25N3O2S. The first-order valence-corrected chi connectivity index (χ1v) is 9.67. The first-order valence-electron chi connectivity index (χ1n) is 8.68. The van der Waals surface area contributed by atoms with Crippen molar-refractivity contribution in [3.8, 4) is 0 Å². The molecule has 0 aliphatic carbocycles. The second-order valence-electron chi connectivity index (χ2n) is 7.32. The van der Waals surface area contributed by atoms with Crippen molar-refractivity contribution in [3.05, 3.63) is 17.0 Å². The molecule has 126 valence electrons.